The number of carboxylic acid groups (broad SMARTS) is 2. The number of carboxylic acids is 2. The minimum atomic E-state index is -1.00. The van der Waals surface area contributed by atoms with Gasteiger partial charge in [0.1, 0.15) is 12.1 Å². The number of aliphatic carboxylic acids is 2. The van der Waals surface area contributed by atoms with Crippen LogP contribution in [0.4, 0.5) is 0 Å². The van der Waals surface area contributed by atoms with Crippen molar-refractivity contribution in [2.24, 2.45) is 27.9 Å². The van der Waals surface area contributed by atoms with E-state index < -0.39 is 24.0 Å². The number of nitrogens with two attached hydrogens (primary N) is 4. The summed E-state index contributed by atoms with van der Waals surface area (Å²) < 4.78 is 0. The number of rotatable bonds is 10. The fraction of sp³-hybridized carbons (Fsp3) is 0.750. The Bertz CT molecular complexity index is 347. The molecule has 0 radical (unpaired) electrons. The average Bonchev–Trinajstić information content (AvgIpc) is 2.43. The van der Waals surface area contributed by atoms with Crippen molar-refractivity contribution in [2.75, 3.05) is 13.1 Å². The van der Waals surface area contributed by atoms with E-state index in [1.807, 2.05) is 0 Å². The summed E-state index contributed by atoms with van der Waals surface area (Å²) in [6.45, 7) is 1.27. The van der Waals surface area contributed by atoms with Crippen LogP contribution in [0.3, 0.4) is 0 Å². The van der Waals surface area contributed by atoms with Crippen LogP contribution in [0.1, 0.15) is 32.1 Å². The standard InChI is InChI=1S/C6H14N4O2.C6H14N2O2/c7-4(5(11)12)2-1-3-10-6(8)9;7-4-2-1-3-5(8)6(9)10/h4H,1-3,7H2,(H,11,12)(H4,8,9,10);5H,1-4,7-8H2,(H,9,10)/p+1/t4-;5-/m00/s1. The molecule has 0 amide bonds. The van der Waals surface area contributed by atoms with Crippen molar-refractivity contribution in [2.45, 2.75) is 44.2 Å². The van der Waals surface area contributed by atoms with Crippen molar-refractivity contribution < 1.29 is 25.5 Å². The van der Waals surface area contributed by atoms with E-state index in [-0.39, 0.29) is 5.96 Å². The van der Waals surface area contributed by atoms with Crippen LogP contribution < -0.4 is 28.7 Å². The Kier molecular flexibility index (Phi) is 14.3. The van der Waals surface area contributed by atoms with E-state index in [1.54, 1.807) is 0 Å². The first-order chi connectivity index (χ1) is 10.2. The van der Waals surface area contributed by atoms with E-state index in [0.29, 0.717) is 25.8 Å². The fourth-order valence-corrected chi connectivity index (χ4v) is 1.31. The fourth-order valence-electron chi connectivity index (χ4n) is 1.31. The quantitative estimate of drug-likeness (QED) is 0.127. The van der Waals surface area contributed by atoms with Crippen LogP contribution in [0.2, 0.25) is 0 Å². The summed E-state index contributed by atoms with van der Waals surface area (Å²) in [5, 5.41) is 16.7. The largest absolute Gasteiger partial charge is 0.480 e. The number of carbonyl (C=O) groups is 2. The monoisotopic (exact) mass is 321 g/mol. The highest BCUT2D eigenvalue weighted by Gasteiger charge is 2.10. The van der Waals surface area contributed by atoms with Gasteiger partial charge < -0.3 is 38.9 Å². The molecule has 0 aliphatic heterocycles. The van der Waals surface area contributed by atoms with Crippen molar-refractivity contribution in [1.82, 2.24) is 0 Å². The summed E-state index contributed by atoms with van der Waals surface area (Å²) in [7, 11) is 0. The summed E-state index contributed by atoms with van der Waals surface area (Å²) in [4.78, 5) is 24.0. The van der Waals surface area contributed by atoms with Gasteiger partial charge in [-0.25, -0.2) is 0 Å². The van der Waals surface area contributed by atoms with Crippen LogP contribution >= 0.6 is 0 Å². The summed E-state index contributed by atoms with van der Waals surface area (Å²) in [6, 6.07) is -1.51. The second kappa shape index (κ2) is 14.0. The SMILES string of the molecule is NC(N)=NCCC[C@H](N)C(=O)O.N[C@@H](CCCC[NH3+])C(=O)O. The molecule has 10 nitrogen and oxygen atoms in total. The van der Waals surface area contributed by atoms with Gasteiger partial charge in [-0.05, 0) is 32.1 Å². The molecule has 0 aliphatic carbocycles. The maximum Gasteiger partial charge on any atom is 0.320 e. The molecule has 0 aromatic heterocycles. The minimum absolute atomic E-state index is 0.0129. The first kappa shape index (κ1) is 22.4. The van der Waals surface area contributed by atoms with Gasteiger partial charge in [-0.3, -0.25) is 14.6 Å². The number of nitrogens with zero attached hydrogens (tertiary/aromatic N) is 1. The van der Waals surface area contributed by atoms with Gasteiger partial charge in [0, 0.05) is 6.54 Å². The molecule has 0 rings (SSSR count). The third-order valence-corrected chi connectivity index (χ3v) is 2.62. The highest BCUT2D eigenvalue weighted by atomic mass is 16.4. The smallest absolute Gasteiger partial charge is 0.320 e. The molecule has 2 atom stereocenters. The third-order valence-electron chi connectivity index (χ3n) is 2.62. The van der Waals surface area contributed by atoms with Crippen molar-refractivity contribution in [3.05, 3.63) is 0 Å². The minimum Gasteiger partial charge on any atom is -0.480 e. The predicted octanol–water partition coefficient (Wildman–Crippen LogP) is -2.74. The van der Waals surface area contributed by atoms with Crippen LogP contribution in [0.5, 0.6) is 0 Å². The zero-order valence-corrected chi connectivity index (χ0v) is 12.8. The van der Waals surface area contributed by atoms with Crippen LogP contribution in [-0.4, -0.2) is 53.3 Å². The maximum absolute atomic E-state index is 10.2. The Balaban J connectivity index is 0. The summed E-state index contributed by atoms with van der Waals surface area (Å²) in [5.41, 5.74) is 24.2. The van der Waals surface area contributed by atoms with Gasteiger partial charge in [0.05, 0.1) is 6.54 Å². The first-order valence-corrected chi connectivity index (χ1v) is 7.03. The van der Waals surface area contributed by atoms with Gasteiger partial charge >= 0.3 is 11.9 Å². The lowest BCUT2D eigenvalue weighted by atomic mass is 10.1. The Morgan fingerprint density at radius 1 is 0.955 bits per heavy atom. The zero-order chi connectivity index (χ0) is 17.5. The van der Waals surface area contributed by atoms with Crippen molar-refractivity contribution >= 4 is 17.9 Å². The van der Waals surface area contributed by atoms with Crippen LogP contribution in [0.25, 0.3) is 0 Å². The zero-order valence-electron chi connectivity index (χ0n) is 12.8. The van der Waals surface area contributed by atoms with Crippen LogP contribution in [0, 0.1) is 0 Å². The normalized spacial score (nSPS) is 12.5. The Labute approximate surface area is 129 Å². The highest BCUT2D eigenvalue weighted by Crippen LogP contribution is 1.96. The van der Waals surface area contributed by atoms with Crippen molar-refractivity contribution in [3.8, 4) is 0 Å². The molecule has 0 aromatic rings. The Hall–Kier alpha value is -1.91. The molecule has 0 spiro atoms. The maximum atomic E-state index is 10.2. The van der Waals surface area contributed by atoms with E-state index in [4.69, 9.17) is 33.1 Å². The lowest BCUT2D eigenvalue weighted by molar-refractivity contribution is -0.368. The summed E-state index contributed by atoms with van der Waals surface area (Å²) >= 11 is 0. The summed E-state index contributed by atoms with van der Waals surface area (Å²) in [6.07, 6.45) is 3.33. The topological polar surface area (TPSA) is 219 Å². The van der Waals surface area contributed by atoms with E-state index >= 15 is 0 Å². The number of unbranched alkanes of at least 4 members (excludes halogenated alkanes) is 1. The molecule has 0 aromatic carbocycles. The lowest BCUT2D eigenvalue weighted by Crippen LogP contribution is -2.50. The second-order valence-electron chi connectivity index (χ2n) is 4.69. The molecular formula is C12H29N6O4+. The molecule has 130 valence electrons. The molecule has 0 heterocycles. The highest BCUT2D eigenvalue weighted by molar-refractivity contribution is 5.75. The van der Waals surface area contributed by atoms with Gasteiger partial charge in [0.25, 0.3) is 0 Å². The molecular weight excluding hydrogens is 292 g/mol. The van der Waals surface area contributed by atoms with Crippen molar-refractivity contribution in [3.63, 3.8) is 0 Å². The Morgan fingerprint density at radius 3 is 1.77 bits per heavy atom. The van der Waals surface area contributed by atoms with Gasteiger partial charge in [-0.1, -0.05) is 0 Å². The molecule has 0 unspecified atom stereocenters. The van der Waals surface area contributed by atoms with E-state index in [2.05, 4.69) is 10.7 Å². The Morgan fingerprint density at radius 2 is 1.41 bits per heavy atom. The van der Waals surface area contributed by atoms with Gasteiger partial charge in [-0.2, -0.15) is 0 Å². The molecule has 0 bridgehead atoms. The summed E-state index contributed by atoms with van der Waals surface area (Å²) in [5.74, 6) is -1.90. The molecule has 0 saturated carbocycles. The van der Waals surface area contributed by atoms with Gasteiger partial charge in [0.2, 0.25) is 0 Å². The van der Waals surface area contributed by atoms with Crippen LogP contribution in [0.15, 0.2) is 4.99 Å². The van der Waals surface area contributed by atoms with Crippen molar-refractivity contribution in [1.29, 1.82) is 0 Å². The molecule has 22 heavy (non-hydrogen) atoms. The number of aliphatic imine (C=N–C) groups is 1. The van der Waals surface area contributed by atoms with E-state index in [1.165, 1.54) is 0 Å². The third kappa shape index (κ3) is 16.1. The molecule has 0 saturated heterocycles. The molecule has 0 fully saturated rings. The molecule has 13 N–H and O–H groups in total. The van der Waals surface area contributed by atoms with Crippen LogP contribution in [-0.2, 0) is 9.59 Å². The number of quaternary nitrogens is 1. The average molecular weight is 321 g/mol. The number of guanidine groups is 1. The molecule has 0 aliphatic rings. The van der Waals surface area contributed by atoms with E-state index in [9.17, 15) is 9.59 Å². The second-order valence-corrected chi connectivity index (χ2v) is 4.69. The molecule has 10 heteroatoms. The predicted molar refractivity (Wildman–Crippen MR) is 82.7 cm³/mol. The van der Waals surface area contributed by atoms with E-state index in [0.717, 1.165) is 19.4 Å². The number of hydrogen-bond acceptors (Lipinski definition) is 5. The van der Waals surface area contributed by atoms with Gasteiger partial charge in [-0.15, -0.1) is 0 Å². The first-order valence-electron chi connectivity index (χ1n) is 7.03. The lowest BCUT2D eigenvalue weighted by Gasteiger charge is -2.03. The van der Waals surface area contributed by atoms with Gasteiger partial charge in [0.15, 0.2) is 5.96 Å². The number of hydrogen-bond donors (Lipinski definition) is 7.